The van der Waals surface area contributed by atoms with E-state index in [9.17, 15) is 0 Å². The lowest BCUT2D eigenvalue weighted by Gasteiger charge is -2.08. The first-order valence-corrected chi connectivity index (χ1v) is 6.14. The van der Waals surface area contributed by atoms with Crippen LogP contribution in [0.4, 0.5) is 11.5 Å². The van der Waals surface area contributed by atoms with Gasteiger partial charge in [0, 0.05) is 22.0 Å². The molecule has 0 spiro atoms. The average Bonchev–Trinajstić information content (AvgIpc) is 2.31. The number of nitrogens with one attached hydrogen (secondary N) is 1. The van der Waals surface area contributed by atoms with Gasteiger partial charge in [-0.2, -0.15) is 0 Å². The van der Waals surface area contributed by atoms with Gasteiger partial charge in [0.2, 0.25) is 0 Å². The van der Waals surface area contributed by atoms with Crippen molar-refractivity contribution in [3.05, 3.63) is 52.7 Å². The van der Waals surface area contributed by atoms with Gasteiger partial charge in [-0.05, 0) is 43.3 Å². The van der Waals surface area contributed by atoms with E-state index < -0.39 is 0 Å². The van der Waals surface area contributed by atoms with E-state index in [2.05, 4.69) is 10.3 Å². The predicted molar refractivity (Wildman–Crippen MR) is 79.6 cm³/mol. The molecule has 92 valence electrons. The largest absolute Gasteiger partial charge is 0.389 e. The Balaban J connectivity index is 2.28. The Bertz CT molecular complexity index is 581. The van der Waals surface area contributed by atoms with Crippen molar-refractivity contribution in [3.63, 3.8) is 0 Å². The highest BCUT2D eigenvalue weighted by Gasteiger charge is 2.03. The molecule has 0 unspecified atom stereocenters. The fraction of sp³-hybridized carbons (Fsp3) is 0.0769. The van der Waals surface area contributed by atoms with Crippen molar-refractivity contribution in [2.45, 2.75) is 6.92 Å². The Kier molecular flexibility index (Phi) is 3.79. The number of pyridine rings is 1. The van der Waals surface area contributed by atoms with E-state index >= 15 is 0 Å². The second-order valence-corrected chi connectivity index (χ2v) is 4.75. The van der Waals surface area contributed by atoms with E-state index in [1.807, 2.05) is 43.3 Å². The van der Waals surface area contributed by atoms with Crippen molar-refractivity contribution >= 4 is 40.3 Å². The van der Waals surface area contributed by atoms with Crippen LogP contribution in [0, 0.1) is 6.92 Å². The number of benzene rings is 1. The summed E-state index contributed by atoms with van der Waals surface area (Å²) >= 11 is 10.8. The van der Waals surface area contributed by atoms with Crippen LogP contribution in [0.2, 0.25) is 5.02 Å². The lowest BCUT2D eigenvalue weighted by Crippen LogP contribution is -2.10. The van der Waals surface area contributed by atoms with Crippen LogP contribution in [-0.4, -0.2) is 9.97 Å². The van der Waals surface area contributed by atoms with Crippen molar-refractivity contribution in [3.8, 4) is 0 Å². The maximum absolute atomic E-state index is 5.83. The molecule has 0 aliphatic heterocycles. The maximum Gasteiger partial charge on any atom is 0.131 e. The molecule has 0 amide bonds. The molecule has 2 rings (SSSR count). The van der Waals surface area contributed by atoms with Gasteiger partial charge in [-0.15, -0.1) is 0 Å². The molecule has 0 fully saturated rings. The Hall–Kier alpha value is -1.65. The van der Waals surface area contributed by atoms with Crippen LogP contribution < -0.4 is 11.1 Å². The Morgan fingerprint density at radius 1 is 1.28 bits per heavy atom. The van der Waals surface area contributed by atoms with Crippen molar-refractivity contribution < 1.29 is 0 Å². The molecule has 1 heterocycles. The van der Waals surface area contributed by atoms with E-state index in [0.29, 0.717) is 15.8 Å². The minimum absolute atomic E-state index is 0.361. The highest BCUT2D eigenvalue weighted by atomic mass is 35.5. The van der Waals surface area contributed by atoms with Gasteiger partial charge in [0.25, 0.3) is 0 Å². The molecule has 0 saturated carbocycles. The Morgan fingerprint density at radius 3 is 2.56 bits per heavy atom. The number of thiocarbonyl (C=S) groups is 1. The molecule has 18 heavy (non-hydrogen) atoms. The number of nitrogens with two attached hydrogens (primary N) is 1. The molecule has 0 saturated heterocycles. The summed E-state index contributed by atoms with van der Waals surface area (Å²) in [5.41, 5.74) is 8.19. The van der Waals surface area contributed by atoms with Gasteiger partial charge in [-0.1, -0.05) is 23.8 Å². The zero-order chi connectivity index (χ0) is 13.1. The molecule has 0 aliphatic rings. The number of hydrogen-bond donors (Lipinski definition) is 2. The summed E-state index contributed by atoms with van der Waals surface area (Å²) in [6.45, 7) is 1.90. The minimum atomic E-state index is 0.361. The molecule has 2 aromatic rings. The zero-order valence-corrected chi connectivity index (χ0v) is 11.3. The zero-order valence-electron chi connectivity index (χ0n) is 9.77. The summed E-state index contributed by atoms with van der Waals surface area (Å²) in [6, 6.07) is 11.1. The number of nitrogens with zero attached hydrogens (tertiary/aromatic N) is 1. The van der Waals surface area contributed by atoms with Gasteiger partial charge < -0.3 is 11.1 Å². The summed E-state index contributed by atoms with van der Waals surface area (Å²) in [7, 11) is 0. The van der Waals surface area contributed by atoms with Gasteiger partial charge in [-0.25, -0.2) is 4.98 Å². The van der Waals surface area contributed by atoms with Crippen molar-refractivity contribution in [2.75, 3.05) is 5.32 Å². The van der Waals surface area contributed by atoms with Crippen molar-refractivity contribution in [1.29, 1.82) is 0 Å². The van der Waals surface area contributed by atoms with E-state index in [1.165, 1.54) is 0 Å². The second-order valence-electron chi connectivity index (χ2n) is 3.88. The van der Waals surface area contributed by atoms with Crippen LogP contribution in [0.3, 0.4) is 0 Å². The number of anilines is 2. The molecule has 1 aromatic heterocycles. The first kappa shape index (κ1) is 12.8. The van der Waals surface area contributed by atoms with E-state index in [1.54, 1.807) is 0 Å². The number of rotatable bonds is 3. The molecular weight excluding hydrogens is 266 g/mol. The van der Waals surface area contributed by atoms with Gasteiger partial charge >= 0.3 is 0 Å². The molecule has 0 radical (unpaired) electrons. The summed E-state index contributed by atoms with van der Waals surface area (Å²) < 4.78 is 0. The fourth-order valence-electron chi connectivity index (χ4n) is 1.56. The van der Waals surface area contributed by atoms with E-state index in [4.69, 9.17) is 29.6 Å². The fourth-order valence-corrected chi connectivity index (χ4v) is 1.80. The summed E-state index contributed by atoms with van der Waals surface area (Å²) in [4.78, 5) is 4.74. The van der Waals surface area contributed by atoms with Crippen LogP contribution in [0.15, 0.2) is 36.4 Å². The third-order valence-electron chi connectivity index (χ3n) is 2.35. The predicted octanol–water partition coefficient (Wildman–Crippen LogP) is 3.42. The molecule has 0 aliphatic carbocycles. The summed E-state index contributed by atoms with van der Waals surface area (Å²) in [5, 5.41) is 3.88. The topological polar surface area (TPSA) is 50.9 Å². The molecule has 3 nitrogen and oxygen atoms in total. The lowest BCUT2D eigenvalue weighted by atomic mass is 10.2. The van der Waals surface area contributed by atoms with Crippen LogP contribution in [0.1, 0.15) is 11.3 Å². The monoisotopic (exact) mass is 277 g/mol. The number of aryl methyl sites for hydroxylation is 1. The van der Waals surface area contributed by atoms with Crippen LogP contribution in [-0.2, 0) is 0 Å². The van der Waals surface area contributed by atoms with Crippen LogP contribution >= 0.6 is 23.8 Å². The third-order valence-corrected chi connectivity index (χ3v) is 2.84. The van der Waals surface area contributed by atoms with Gasteiger partial charge in [0.1, 0.15) is 10.8 Å². The smallest absolute Gasteiger partial charge is 0.131 e. The van der Waals surface area contributed by atoms with E-state index in [-0.39, 0.29) is 0 Å². The average molecular weight is 278 g/mol. The SMILES string of the molecule is Cc1cc(C(N)=S)cc(Nc2ccc(Cl)cc2)n1. The molecule has 3 N–H and O–H groups in total. The molecular formula is C13H12ClN3S. The summed E-state index contributed by atoms with van der Waals surface area (Å²) in [6.07, 6.45) is 0. The van der Waals surface area contributed by atoms with Gasteiger partial charge in [0.15, 0.2) is 0 Å². The number of hydrogen-bond acceptors (Lipinski definition) is 3. The normalized spacial score (nSPS) is 10.1. The summed E-state index contributed by atoms with van der Waals surface area (Å²) in [5.74, 6) is 0.708. The molecule has 5 heteroatoms. The van der Waals surface area contributed by atoms with Gasteiger partial charge in [0.05, 0.1) is 0 Å². The molecule has 1 aromatic carbocycles. The first-order valence-electron chi connectivity index (χ1n) is 5.36. The second kappa shape index (κ2) is 5.33. The Labute approximate surface area is 116 Å². The van der Waals surface area contributed by atoms with Crippen molar-refractivity contribution in [2.24, 2.45) is 5.73 Å². The van der Waals surface area contributed by atoms with Gasteiger partial charge in [-0.3, -0.25) is 0 Å². The number of halogens is 1. The molecule has 0 atom stereocenters. The molecule has 0 bridgehead atoms. The van der Waals surface area contributed by atoms with Crippen LogP contribution in [0.25, 0.3) is 0 Å². The lowest BCUT2D eigenvalue weighted by molar-refractivity contribution is 1.19. The van der Waals surface area contributed by atoms with E-state index in [0.717, 1.165) is 16.9 Å². The Morgan fingerprint density at radius 2 is 1.94 bits per heavy atom. The quantitative estimate of drug-likeness (QED) is 0.844. The standard InChI is InChI=1S/C13H12ClN3S/c1-8-6-9(13(15)18)7-12(16-8)17-11-4-2-10(14)3-5-11/h2-7H,1H3,(H2,15,18)(H,16,17). The first-order chi connectivity index (χ1) is 8.54. The van der Waals surface area contributed by atoms with Crippen LogP contribution in [0.5, 0.6) is 0 Å². The highest BCUT2D eigenvalue weighted by molar-refractivity contribution is 7.80. The van der Waals surface area contributed by atoms with Crippen molar-refractivity contribution in [1.82, 2.24) is 4.98 Å². The number of aromatic nitrogens is 1. The third kappa shape index (κ3) is 3.18. The highest BCUT2D eigenvalue weighted by Crippen LogP contribution is 2.19. The maximum atomic E-state index is 5.83. The minimum Gasteiger partial charge on any atom is -0.389 e.